The minimum absolute atomic E-state index is 0. The quantitative estimate of drug-likeness (QED) is 0.452. The van der Waals surface area contributed by atoms with Crippen LogP contribution in [0.4, 0.5) is 4.39 Å². The number of nitrogens with one attached hydrogen (secondary N) is 1. The van der Waals surface area contributed by atoms with Crippen LogP contribution in [-0.4, -0.2) is 25.2 Å². The highest BCUT2D eigenvalue weighted by Crippen LogP contribution is 2.16. The van der Waals surface area contributed by atoms with E-state index in [1.807, 2.05) is 13.8 Å². The van der Waals surface area contributed by atoms with Gasteiger partial charge in [-0.3, -0.25) is 0 Å². The molecule has 0 aromatic heterocycles. The van der Waals surface area contributed by atoms with E-state index in [-0.39, 0.29) is 41.6 Å². The van der Waals surface area contributed by atoms with E-state index in [0.717, 1.165) is 13.0 Å². The number of guanidine groups is 1. The summed E-state index contributed by atoms with van der Waals surface area (Å²) in [5, 5.41) is 2.96. The Labute approximate surface area is 130 Å². The van der Waals surface area contributed by atoms with Gasteiger partial charge in [-0.2, -0.15) is 0 Å². The van der Waals surface area contributed by atoms with Crippen LogP contribution in [0.5, 0.6) is 5.75 Å². The highest BCUT2D eigenvalue weighted by Gasteiger charge is 2.07. The molecule has 6 heteroatoms. The minimum Gasteiger partial charge on any atom is -0.486 e. The van der Waals surface area contributed by atoms with Crippen molar-refractivity contribution in [2.75, 3.05) is 13.1 Å². The fraction of sp³-hybridized carbons (Fsp3) is 0.462. The number of rotatable bonds is 6. The number of ether oxygens (including phenoxy) is 1. The SMILES string of the molecule is CCCNC(N)=NCC(C)Oc1ccccc1F.I. The number of nitrogens with two attached hydrogens (primary N) is 1. The molecule has 0 radical (unpaired) electrons. The first-order valence-corrected chi connectivity index (χ1v) is 6.08. The summed E-state index contributed by atoms with van der Waals surface area (Å²) < 4.78 is 18.8. The number of hydrogen-bond acceptors (Lipinski definition) is 2. The van der Waals surface area contributed by atoms with E-state index < -0.39 is 0 Å². The van der Waals surface area contributed by atoms with Crippen molar-refractivity contribution in [1.29, 1.82) is 0 Å². The fourth-order valence-electron chi connectivity index (χ4n) is 1.33. The number of para-hydroxylation sites is 1. The van der Waals surface area contributed by atoms with Crippen LogP contribution in [0, 0.1) is 5.82 Å². The molecule has 108 valence electrons. The first-order chi connectivity index (χ1) is 8.63. The Morgan fingerprint density at radius 3 is 2.79 bits per heavy atom. The van der Waals surface area contributed by atoms with Crippen molar-refractivity contribution in [3.8, 4) is 5.75 Å². The lowest BCUT2D eigenvalue weighted by Crippen LogP contribution is -2.33. The Kier molecular flexibility index (Phi) is 9.28. The van der Waals surface area contributed by atoms with E-state index in [1.54, 1.807) is 18.2 Å². The topological polar surface area (TPSA) is 59.6 Å². The van der Waals surface area contributed by atoms with Gasteiger partial charge in [-0.05, 0) is 25.5 Å². The van der Waals surface area contributed by atoms with Crippen molar-refractivity contribution in [2.45, 2.75) is 26.4 Å². The van der Waals surface area contributed by atoms with E-state index in [2.05, 4.69) is 10.3 Å². The molecule has 1 rings (SSSR count). The normalized spacial score (nSPS) is 12.5. The summed E-state index contributed by atoms with van der Waals surface area (Å²) in [7, 11) is 0. The third kappa shape index (κ3) is 7.19. The smallest absolute Gasteiger partial charge is 0.188 e. The Balaban J connectivity index is 0.00000324. The van der Waals surface area contributed by atoms with Gasteiger partial charge in [0.25, 0.3) is 0 Å². The monoisotopic (exact) mass is 381 g/mol. The molecule has 0 fully saturated rings. The first-order valence-electron chi connectivity index (χ1n) is 6.08. The predicted molar refractivity (Wildman–Crippen MR) is 86.7 cm³/mol. The van der Waals surface area contributed by atoms with Gasteiger partial charge in [0, 0.05) is 6.54 Å². The van der Waals surface area contributed by atoms with Crippen molar-refractivity contribution in [1.82, 2.24) is 5.32 Å². The molecule has 1 aromatic carbocycles. The Bertz CT molecular complexity index is 401. The number of aliphatic imine (C=N–C) groups is 1. The van der Waals surface area contributed by atoms with Crippen LogP contribution >= 0.6 is 24.0 Å². The highest BCUT2D eigenvalue weighted by molar-refractivity contribution is 14.0. The molecule has 0 amide bonds. The molecule has 0 aliphatic carbocycles. The third-order valence-corrected chi connectivity index (χ3v) is 2.24. The lowest BCUT2D eigenvalue weighted by Gasteiger charge is -2.13. The Morgan fingerprint density at radius 2 is 2.16 bits per heavy atom. The zero-order chi connectivity index (χ0) is 13.4. The molecular weight excluding hydrogens is 360 g/mol. The third-order valence-electron chi connectivity index (χ3n) is 2.24. The number of benzene rings is 1. The summed E-state index contributed by atoms with van der Waals surface area (Å²) in [4.78, 5) is 4.12. The summed E-state index contributed by atoms with van der Waals surface area (Å²) >= 11 is 0. The van der Waals surface area contributed by atoms with Crippen molar-refractivity contribution in [3.63, 3.8) is 0 Å². The zero-order valence-electron chi connectivity index (χ0n) is 11.2. The van der Waals surface area contributed by atoms with Crippen molar-refractivity contribution in [2.24, 2.45) is 10.7 Å². The molecule has 0 saturated heterocycles. The van der Waals surface area contributed by atoms with E-state index in [4.69, 9.17) is 10.5 Å². The summed E-state index contributed by atoms with van der Waals surface area (Å²) in [6.07, 6.45) is 0.751. The maximum absolute atomic E-state index is 13.3. The van der Waals surface area contributed by atoms with E-state index >= 15 is 0 Å². The molecule has 1 atom stereocenters. The largest absolute Gasteiger partial charge is 0.486 e. The number of halogens is 2. The Morgan fingerprint density at radius 1 is 1.47 bits per heavy atom. The predicted octanol–water partition coefficient (Wildman–Crippen LogP) is 2.53. The molecule has 0 spiro atoms. The maximum Gasteiger partial charge on any atom is 0.188 e. The summed E-state index contributed by atoms with van der Waals surface area (Å²) in [5.74, 6) is 0.256. The lowest BCUT2D eigenvalue weighted by atomic mass is 10.3. The molecular formula is C13H21FIN3O. The summed E-state index contributed by atoms with van der Waals surface area (Å²) in [6.45, 7) is 5.04. The summed E-state index contributed by atoms with van der Waals surface area (Å²) in [6, 6.07) is 6.31. The lowest BCUT2D eigenvalue weighted by molar-refractivity contribution is 0.220. The van der Waals surface area contributed by atoms with E-state index in [0.29, 0.717) is 12.5 Å². The minimum atomic E-state index is -0.370. The van der Waals surface area contributed by atoms with Gasteiger partial charge in [0.15, 0.2) is 17.5 Å². The van der Waals surface area contributed by atoms with Gasteiger partial charge in [-0.25, -0.2) is 9.38 Å². The molecule has 0 aliphatic rings. The molecule has 0 aliphatic heterocycles. The van der Waals surface area contributed by atoms with Gasteiger partial charge >= 0.3 is 0 Å². The molecule has 4 nitrogen and oxygen atoms in total. The van der Waals surface area contributed by atoms with Crippen molar-refractivity contribution in [3.05, 3.63) is 30.1 Å². The van der Waals surface area contributed by atoms with Gasteiger partial charge in [0.2, 0.25) is 0 Å². The molecule has 1 unspecified atom stereocenters. The molecule has 0 heterocycles. The highest BCUT2D eigenvalue weighted by atomic mass is 127. The van der Waals surface area contributed by atoms with Gasteiger partial charge < -0.3 is 15.8 Å². The second kappa shape index (κ2) is 9.82. The van der Waals surface area contributed by atoms with Crippen LogP contribution in [-0.2, 0) is 0 Å². The van der Waals surface area contributed by atoms with Crippen molar-refractivity contribution < 1.29 is 9.13 Å². The molecule has 1 aromatic rings. The van der Waals surface area contributed by atoms with Crippen LogP contribution in [0.15, 0.2) is 29.3 Å². The molecule has 19 heavy (non-hydrogen) atoms. The van der Waals surface area contributed by atoms with Gasteiger partial charge in [-0.1, -0.05) is 19.1 Å². The van der Waals surface area contributed by atoms with Crippen LogP contribution in [0.25, 0.3) is 0 Å². The standard InChI is InChI=1S/C13H20FN3O.HI/c1-3-8-16-13(15)17-9-10(2)18-12-7-5-4-6-11(12)14;/h4-7,10H,3,8-9H2,1-2H3,(H3,15,16,17);1H. The Hall–Kier alpha value is -1.05. The second-order valence-electron chi connectivity index (χ2n) is 4.01. The van der Waals surface area contributed by atoms with Crippen LogP contribution in [0.1, 0.15) is 20.3 Å². The second-order valence-corrected chi connectivity index (χ2v) is 4.01. The molecule has 0 saturated carbocycles. The zero-order valence-corrected chi connectivity index (χ0v) is 13.6. The summed E-state index contributed by atoms with van der Waals surface area (Å²) in [5.41, 5.74) is 5.64. The number of hydrogen-bond donors (Lipinski definition) is 2. The average molecular weight is 381 g/mol. The van der Waals surface area contributed by atoms with Crippen LogP contribution < -0.4 is 15.8 Å². The van der Waals surface area contributed by atoms with Crippen molar-refractivity contribution >= 4 is 29.9 Å². The van der Waals surface area contributed by atoms with E-state index in [1.165, 1.54) is 6.07 Å². The first kappa shape index (κ1) is 17.9. The fourth-order valence-corrected chi connectivity index (χ4v) is 1.33. The van der Waals surface area contributed by atoms with Crippen LogP contribution in [0.3, 0.4) is 0 Å². The van der Waals surface area contributed by atoms with E-state index in [9.17, 15) is 4.39 Å². The average Bonchev–Trinajstić information content (AvgIpc) is 2.36. The number of nitrogens with zero attached hydrogens (tertiary/aromatic N) is 1. The van der Waals surface area contributed by atoms with Crippen LogP contribution in [0.2, 0.25) is 0 Å². The van der Waals surface area contributed by atoms with Gasteiger partial charge in [0.1, 0.15) is 6.10 Å². The maximum atomic E-state index is 13.3. The van der Waals surface area contributed by atoms with Gasteiger partial charge in [0.05, 0.1) is 6.54 Å². The molecule has 0 bridgehead atoms. The molecule has 3 N–H and O–H groups in total. The van der Waals surface area contributed by atoms with Gasteiger partial charge in [-0.15, -0.1) is 24.0 Å².